The summed E-state index contributed by atoms with van der Waals surface area (Å²) in [6, 6.07) is 9.65. The van der Waals surface area contributed by atoms with Crippen LogP contribution in [0.15, 0.2) is 35.2 Å². The van der Waals surface area contributed by atoms with Gasteiger partial charge in [0.2, 0.25) is 5.91 Å². The van der Waals surface area contributed by atoms with Gasteiger partial charge in [-0.15, -0.1) is 11.8 Å². The molecule has 0 aromatic heterocycles. The summed E-state index contributed by atoms with van der Waals surface area (Å²) in [5, 5.41) is 31.3. The Bertz CT molecular complexity index is 443. The van der Waals surface area contributed by atoms with E-state index in [2.05, 4.69) is 5.32 Å². The number of carbonyl (C=O) groups is 1. The molecule has 1 rings (SSSR count). The Kier molecular flexibility index (Phi) is 9.94. The van der Waals surface area contributed by atoms with Crippen LogP contribution in [0.4, 0.5) is 0 Å². The van der Waals surface area contributed by atoms with Crippen LogP contribution in [0.5, 0.6) is 0 Å². The van der Waals surface area contributed by atoms with E-state index in [1.165, 1.54) is 11.8 Å². The lowest BCUT2D eigenvalue weighted by atomic mass is 9.95. The van der Waals surface area contributed by atoms with Gasteiger partial charge in [0.25, 0.3) is 0 Å². The average Bonchev–Trinajstić information content (AvgIpc) is 2.56. The van der Waals surface area contributed by atoms with E-state index in [-0.39, 0.29) is 31.4 Å². The lowest BCUT2D eigenvalue weighted by molar-refractivity contribution is -0.119. The molecule has 0 heterocycles. The van der Waals surface area contributed by atoms with Crippen LogP contribution in [-0.2, 0) is 4.79 Å². The maximum atomic E-state index is 11.7. The molecule has 23 heavy (non-hydrogen) atoms. The summed E-state index contributed by atoms with van der Waals surface area (Å²) >= 11 is 1.44. The van der Waals surface area contributed by atoms with Crippen molar-refractivity contribution in [2.75, 3.05) is 18.9 Å². The SMILES string of the molecule is C[C@H](CCCO)C(O)CC(O)CNC(=O)CSc1ccccc1. The van der Waals surface area contributed by atoms with Crippen molar-refractivity contribution in [1.82, 2.24) is 5.32 Å². The van der Waals surface area contributed by atoms with Crippen LogP contribution in [0.25, 0.3) is 0 Å². The molecule has 4 N–H and O–H groups in total. The number of hydrogen-bond acceptors (Lipinski definition) is 5. The summed E-state index contributed by atoms with van der Waals surface area (Å²) in [4.78, 5) is 12.8. The first-order valence-electron chi connectivity index (χ1n) is 7.94. The van der Waals surface area contributed by atoms with E-state index in [1.54, 1.807) is 0 Å². The van der Waals surface area contributed by atoms with Gasteiger partial charge < -0.3 is 20.6 Å². The number of hydrogen-bond donors (Lipinski definition) is 4. The maximum absolute atomic E-state index is 11.7. The van der Waals surface area contributed by atoms with Crippen LogP contribution < -0.4 is 5.32 Å². The lowest BCUT2D eigenvalue weighted by Gasteiger charge is -2.21. The van der Waals surface area contributed by atoms with E-state index in [1.807, 2.05) is 37.3 Å². The number of nitrogens with one attached hydrogen (secondary N) is 1. The van der Waals surface area contributed by atoms with Crippen LogP contribution in [0, 0.1) is 5.92 Å². The first-order valence-corrected chi connectivity index (χ1v) is 8.93. The van der Waals surface area contributed by atoms with Gasteiger partial charge in [0, 0.05) is 24.5 Å². The van der Waals surface area contributed by atoms with Gasteiger partial charge in [-0.3, -0.25) is 4.79 Å². The minimum Gasteiger partial charge on any atom is -0.396 e. The molecule has 0 bridgehead atoms. The second kappa shape index (κ2) is 11.5. The van der Waals surface area contributed by atoms with Crippen molar-refractivity contribution in [3.05, 3.63) is 30.3 Å². The highest BCUT2D eigenvalue weighted by atomic mass is 32.2. The summed E-state index contributed by atoms with van der Waals surface area (Å²) < 4.78 is 0. The molecular formula is C17H27NO4S. The molecule has 0 aliphatic carbocycles. The first-order chi connectivity index (χ1) is 11.0. The monoisotopic (exact) mass is 341 g/mol. The number of aliphatic hydroxyl groups excluding tert-OH is 3. The number of amides is 1. The van der Waals surface area contributed by atoms with Gasteiger partial charge in [-0.1, -0.05) is 25.1 Å². The van der Waals surface area contributed by atoms with Crippen LogP contribution in [0.2, 0.25) is 0 Å². The summed E-state index contributed by atoms with van der Waals surface area (Å²) in [6.07, 6.45) is 0.171. The fourth-order valence-electron chi connectivity index (χ4n) is 2.15. The molecule has 1 aromatic carbocycles. The zero-order valence-electron chi connectivity index (χ0n) is 13.5. The van der Waals surface area contributed by atoms with Crippen molar-refractivity contribution in [2.24, 2.45) is 5.92 Å². The second-order valence-electron chi connectivity index (χ2n) is 5.71. The van der Waals surface area contributed by atoms with E-state index < -0.39 is 12.2 Å². The topological polar surface area (TPSA) is 89.8 Å². The molecule has 1 aromatic rings. The predicted octanol–water partition coefficient (Wildman–Crippen LogP) is 1.42. The van der Waals surface area contributed by atoms with Gasteiger partial charge in [0.1, 0.15) is 0 Å². The molecule has 0 saturated heterocycles. The Morgan fingerprint density at radius 1 is 1.26 bits per heavy atom. The fourth-order valence-corrected chi connectivity index (χ4v) is 2.90. The highest BCUT2D eigenvalue weighted by Crippen LogP contribution is 2.17. The molecule has 0 saturated carbocycles. The normalized spacial score (nSPS) is 15.0. The Hall–Kier alpha value is -1.08. The molecule has 2 unspecified atom stereocenters. The Balaban J connectivity index is 2.19. The third-order valence-electron chi connectivity index (χ3n) is 3.64. The Labute approximate surface area is 142 Å². The van der Waals surface area contributed by atoms with Crippen LogP contribution in [0.3, 0.4) is 0 Å². The zero-order valence-corrected chi connectivity index (χ0v) is 14.3. The molecular weight excluding hydrogens is 314 g/mol. The smallest absolute Gasteiger partial charge is 0.230 e. The van der Waals surface area contributed by atoms with Gasteiger partial charge in [0.05, 0.1) is 18.0 Å². The van der Waals surface area contributed by atoms with Gasteiger partial charge in [0.15, 0.2) is 0 Å². The molecule has 0 fully saturated rings. The molecule has 130 valence electrons. The van der Waals surface area contributed by atoms with Crippen molar-refractivity contribution < 1.29 is 20.1 Å². The molecule has 3 atom stereocenters. The fraction of sp³-hybridized carbons (Fsp3) is 0.588. The van der Waals surface area contributed by atoms with Crippen molar-refractivity contribution in [3.8, 4) is 0 Å². The molecule has 5 nitrogen and oxygen atoms in total. The van der Waals surface area contributed by atoms with Crippen molar-refractivity contribution in [2.45, 2.75) is 43.3 Å². The van der Waals surface area contributed by atoms with Crippen LogP contribution in [-0.4, -0.2) is 52.3 Å². The number of benzene rings is 1. The summed E-state index contributed by atoms with van der Waals surface area (Å²) in [6.45, 7) is 2.13. The van der Waals surface area contributed by atoms with E-state index >= 15 is 0 Å². The third kappa shape index (κ3) is 8.95. The highest BCUT2D eigenvalue weighted by molar-refractivity contribution is 8.00. The van der Waals surface area contributed by atoms with E-state index in [0.29, 0.717) is 18.6 Å². The molecule has 0 aliphatic heterocycles. The molecule has 0 spiro atoms. The van der Waals surface area contributed by atoms with Gasteiger partial charge in [-0.2, -0.15) is 0 Å². The predicted molar refractivity (Wildman–Crippen MR) is 92.3 cm³/mol. The second-order valence-corrected chi connectivity index (χ2v) is 6.75. The van der Waals surface area contributed by atoms with Gasteiger partial charge in [-0.05, 0) is 30.9 Å². The first kappa shape index (κ1) is 20.0. The molecule has 1 amide bonds. The maximum Gasteiger partial charge on any atom is 0.230 e. The standard InChI is InChI=1S/C17H27NO4S/c1-13(6-5-9-19)16(21)10-14(20)11-18-17(22)12-23-15-7-3-2-4-8-15/h2-4,7-8,13-14,16,19-21H,5-6,9-12H2,1H3,(H,18,22)/t13-,14?,16?/m1/s1. The molecule has 0 radical (unpaired) electrons. The van der Waals surface area contributed by atoms with E-state index in [4.69, 9.17) is 5.11 Å². The number of carbonyl (C=O) groups excluding carboxylic acids is 1. The summed E-state index contributed by atoms with van der Waals surface area (Å²) in [5.74, 6) is 0.175. The summed E-state index contributed by atoms with van der Waals surface area (Å²) in [7, 11) is 0. The minimum absolute atomic E-state index is 0.0149. The number of thioether (sulfide) groups is 1. The highest BCUT2D eigenvalue weighted by Gasteiger charge is 2.18. The van der Waals surface area contributed by atoms with Crippen LogP contribution >= 0.6 is 11.8 Å². The Morgan fingerprint density at radius 3 is 2.61 bits per heavy atom. The number of aliphatic hydroxyl groups is 3. The molecule has 0 aliphatic rings. The largest absolute Gasteiger partial charge is 0.396 e. The van der Waals surface area contributed by atoms with Crippen LogP contribution in [0.1, 0.15) is 26.2 Å². The lowest BCUT2D eigenvalue weighted by Crippen LogP contribution is -2.36. The van der Waals surface area contributed by atoms with Crippen molar-refractivity contribution in [1.29, 1.82) is 0 Å². The third-order valence-corrected chi connectivity index (χ3v) is 4.65. The van der Waals surface area contributed by atoms with E-state index in [9.17, 15) is 15.0 Å². The average molecular weight is 341 g/mol. The van der Waals surface area contributed by atoms with Gasteiger partial charge >= 0.3 is 0 Å². The Morgan fingerprint density at radius 2 is 1.96 bits per heavy atom. The zero-order chi connectivity index (χ0) is 17.1. The van der Waals surface area contributed by atoms with Gasteiger partial charge in [-0.25, -0.2) is 0 Å². The summed E-state index contributed by atoms with van der Waals surface area (Å²) in [5.41, 5.74) is 0. The minimum atomic E-state index is -0.771. The van der Waals surface area contributed by atoms with E-state index in [0.717, 1.165) is 4.90 Å². The quantitative estimate of drug-likeness (QED) is 0.457. The number of rotatable bonds is 11. The van der Waals surface area contributed by atoms with Crippen molar-refractivity contribution in [3.63, 3.8) is 0 Å². The molecule has 6 heteroatoms. The van der Waals surface area contributed by atoms with Crippen molar-refractivity contribution >= 4 is 17.7 Å².